The van der Waals surface area contributed by atoms with Gasteiger partial charge < -0.3 is 15.0 Å². The van der Waals surface area contributed by atoms with Crippen LogP contribution in [-0.2, 0) is 4.74 Å². The van der Waals surface area contributed by atoms with Crippen molar-refractivity contribution in [3.63, 3.8) is 0 Å². The van der Waals surface area contributed by atoms with E-state index in [1.807, 2.05) is 25.6 Å². The van der Waals surface area contributed by atoms with E-state index in [-0.39, 0.29) is 18.1 Å². The highest BCUT2D eigenvalue weighted by Gasteiger charge is 2.42. The normalized spacial score (nSPS) is 28.1. The third-order valence-corrected chi connectivity index (χ3v) is 6.90. The van der Waals surface area contributed by atoms with Crippen LogP contribution in [0.25, 0.3) is 0 Å². The summed E-state index contributed by atoms with van der Waals surface area (Å²) in [4.78, 5) is 23.8. The van der Waals surface area contributed by atoms with Crippen molar-refractivity contribution in [2.75, 3.05) is 38.2 Å². The van der Waals surface area contributed by atoms with Crippen LogP contribution in [0.4, 0.5) is 0 Å². The van der Waals surface area contributed by atoms with Crippen LogP contribution in [0.15, 0.2) is 6.33 Å². The number of ether oxygens (including phenoxy) is 1. The van der Waals surface area contributed by atoms with Gasteiger partial charge in [0.05, 0.1) is 29.1 Å². The molecule has 0 bridgehead atoms. The lowest BCUT2D eigenvalue weighted by Crippen LogP contribution is -2.50. The SMILES string of the molecule is CCSCCN1C[C@H]2C[C@H](OC)[C@@H](NC(=O)c3c(C)ncnc3C)C[C@H]2C1. The van der Waals surface area contributed by atoms with Gasteiger partial charge in [0, 0.05) is 32.5 Å². The third-order valence-electron chi connectivity index (χ3n) is 6.02. The van der Waals surface area contributed by atoms with E-state index in [1.54, 1.807) is 7.11 Å². The minimum atomic E-state index is -0.0784. The van der Waals surface area contributed by atoms with Crippen LogP contribution in [0.3, 0.4) is 0 Å². The number of carbonyl (C=O) groups excluding carboxylic acids is 1. The number of methoxy groups -OCH3 is 1. The molecule has 0 spiro atoms. The standard InChI is InChI=1S/C20H32N4O2S/c1-5-27-7-6-24-10-15-8-17(18(26-4)9-16(15)11-24)23-20(25)19-13(2)21-12-22-14(19)3/h12,15-18H,5-11H2,1-4H3,(H,23,25)/t15-,16+,17-,18-/m0/s1. The fourth-order valence-electron chi connectivity index (χ4n) is 4.61. The average molecular weight is 393 g/mol. The van der Waals surface area contributed by atoms with Gasteiger partial charge in [-0.15, -0.1) is 0 Å². The molecule has 2 aliphatic rings. The van der Waals surface area contributed by atoms with E-state index in [0.717, 1.165) is 30.8 Å². The molecule has 0 radical (unpaired) electrons. The molecule has 2 fully saturated rings. The first-order valence-corrected chi connectivity index (χ1v) is 11.1. The van der Waals surface area contributed by atoms with Crippen molar-refractivity contribution in [3.05, 3.63) is 23.3 Å². The summed E-state index contributed by atoms with van der Waals surface area (Å²) in [6, 6.07) is 0.0488. The molecular weight excluding hydrogens is 360 g/mol. The van der Waals surface area contributed by atoms with E-state index >= 15 is 0 Å². The minimum absolute atomic E-state index is 0.0488. The zero-order valence-corrected chi connectivity index (χ0v) is 17.7. The molecule has 1 saturated heterocycles. The first kappa shape index (κ1) is 20.6. The van der Waals surface area contributed by atoms with Crippen molar-refractivity contribution < 1.29 is 9.53 Å². The molecule has 2 heterocycles. The Kier molecular flexibility index (Phi) is 7.11. The molecule has 7 heteroatoms. The topological polar surface area (TPSA) is 67.3 Å². The number of rotatable bonds is 7. The molecule has 1 aliphatic carbocycles. The van der Waals surface area contributed by atoms with Crippen LogP contribution < -0.4 is 5.32 Å². The predicted octanol–water partition coefficient (Wildman–Crippen LogP) is 2.30. The number of hydrogen-bond donors (Lipinski definition) is 1. The number of aromatic nitrogens is 2. The maximum Gasteiger partial charge on any atom is 0.255 e. The summed E-state index contributed by atoms with van der Waals surface area (Å²) in [5, 5.41) is 3.23. The zero-order chi connectivity index (χ0) is 19.4. The molecule has 1 saturated carbocycles. The number of thioether (sulfide) groups is 1. The Hall–Kier alpha value is -1.18. The minimum Gasteiger partial charge on any atom is -0.379 e. The Labute approximate surface area is 166 Å². The summed E-state index contributed by atoms with van der Waals surface area (Å²) in [6.07, 6.45) is 3.59. The second kappa shape index (κ2) is 9.34. The summed E-state index contributed by atoms with van der Waals surface area (Å²) in [6.45, 7) is 9.41. The number of hydrogen-bond acceptors (Lipinski definition) is 6. The molecule has 4 atom stereocenters. The smallest absolute Gasteiger partial charge is 0.255 e. The maximum atomic E-state index is 12.9. The summed E-state index contributed by atoms with van der Waals surface area (Å²) < 4.78 is 5.77. The molecule has 0 unspecified atom stereocenters. The van der Waals surface area contributed by atoms with Gasteiger partial charge in [0.2, 0.25) is 0 Å². The summed E-state index contributed by atoms with van der Waals surface area (Å²) in [5.74, 6) is 3.63. The van der Waals surface area contributed by atoms with Gasteiger partial charge in [-0.3, -0.25) is 4.79 Å². The zero-order valence-electron chi connectivity index (χ0n) is 16.9. The molecule has 1 aliphatic heterocycles. The molecule has 1 aromatic rings. The van der Waals surface area contributed by atoms with Gasteiger partial charge in [0.1, 0.15) is 6.33 Å². The Morgan fingerprint density at radius 3 is 2.56 bits per heavy atom. The van der Waals surface area contributed by atoms with Crippen LogP contribution >= 0.6 is 11.8 Å². The highest BCUT2D eigenvalue weighted by atomic mass is 32.2. The maximum absolute atomic E-state index is 12.9. The second-order valence-corrected chi connectivity index (χ2v) is 9.12. The molecule has 27 heavy (non-hydrogen) atoms. The van der Waals surface area contributed by atoms with Crippen LogP contribution in [0.5, 0.6) is 0 Å². The molecule has 1 aromatic heterocycles. The largest absolute Gasteiger partial charge is 0.379 e. The fourth-order valence-corrected chi connectivity index (χ4v) is 5.28. The van der Waals surface area contributed by atoms with Gasteiger partial charge in [-0.2, -0.15) is 11.8 Å². The van der Waals surface area contributed by atoms with Crippen LogP contribution in [0.2, 0.25) is 0 Å². The van der Waals surface area contributed by atoms with Crippen LogP contribution in [-0.4, -0.2) is 71.2 Å². The molecule has 0 aromatic carbocycles. The lowest BCUT2D eigenvalue weighted by atomic mass is 9.77. The number of nitrogens with zero attached hydrogens (tertiary/aromatic N) is 3. The molecule has 1 N–H and O–H groups in total. The van der Waals surface area contributed by atoms with E-state index in [2.05, 4.69) is 27.1 Å². The van der Waals surface area contributed by atoms with E-state index in [1.165, 1.54) is 30.9 Å². The lowest BCUT2D eigenvalue weighted by Gasteiger charge is -2.37. The van der Waals surface area contributed by atoms with Crippen LogP contribution in [0, 0.1) is 25.7 Å². The van der Waals surface area contributed by atoms with Crippen molar-refractivity contribution in [1.29, 1.82) is 0 Å². The average Bonchev–Trinajstić information content (AvgIpc) is 3.02. The Bertz CT molecular complexity index is 637. The van der Waals surface area contributed by atoms with Crippen molar-refractivity contribution in [1.82, 2.24) is 20.2 Å². The number of fused-ring (bicyclic) bond motifs is 1. The van der Waals surface area contributed by atoms with Crippen LogP contribution in [0.1, 0.15) is 41.5 Å². The van der Waals surface area contributed by atoms with Gasteiger partial charge >= 0.3 is 0 Å². The van der Waals surface area contributed by atoms with E-state index in [9.17, 15) is 4.79 Å². The summed E-state index contributed by atoms with van der Waals surface area (Å²) in [5.41, 5.74) is 2.05. The van der Waals surface area contributed by atoms with Gasteiger partial charge in [-0.1, -0.05) is 6.92 Å². The molecule has 150 valence electrons. The number of likely N-dealkylation sites (tertiary alicyclic amines) is 1. The lowest BCUT2D eigenvalue weighted by molar-refractivity contribution is 0.0124. The second-order valence-electron chi connectivity index (χ2n) is 7.72. The highest BCUT2D eigenvalue weighted by molar-refractivity contribution is 7.99. The molecular formula is C20H32N4O2S. The fraction of sp³-hybridized carbons (Fsp3) is 0.750. The van der Waals surface area contributed by atoms with Gasteiger partial charge in [0.15, 0.2) is 0 Å². The molecule has 6 nitrogen and oxygen atoms in total. The molecule has 3 rings (SSSR count). The number of carbonyl (C=O) groups is 1. The van der Waals surface area contributed by atoms with Crippen molar-refractivity contribution in [2.24, 2.45) is 11.8 Å². The van der Waals surface area contributed by atoms with Gasteiger partial charge in [-0.25, -0.2) is 9.97 Å². The Balaban J connectivity index is 1.63. The van der Waals surface area contributed by atoms with E-state index in [4.69, 9.17) is 4.74 Å². The summed E-state index contributed by atoms with van der Waals surface area (Å²) >= 11 is 2.01. The monoisotopic (exact) mass is 392 g/mol. The highest BCUT2D eigenvalue weighted by Crippen LogP contribution is 2.37. The Morgan fingerprint density at radius 1 is 1.26 bits per heavy atom. The molecule has 1 amide bonds. The Morgan fingerprint density at radius 2 is 1.93 bits per heavy atom. The van der Waals surface area contributed by atoms with E-state index < -0.39 is 0 Å². The number of nitrogens with one attached hydrogen (secondary N) is 1. The first-order chi connectivity index (χ1) is 13.0. The first-order valence-electron chi connectivity index (χ1n) is 9.95. The van der Waals surface area contributed by atoms with Crippen molar-refractivity contribution >= 4 is 17.7 Å². The predicted molar refractivity (Wildman–Crippen MR) is 109 cm³/mol. The van der Waals surface area contributed by atoms with Gasteiger partial charge in [0.25, 0.3) is 5.91 Å². The quantitative estimate of drug-likeness (QED) is 0.718. The van der Waals surface area contributed by atoms with Crippen molar-refractivity contribution in [2.45, 2.75) is 45.8 Å². The van der Waals surface area contributed by atoms with E-state index in [0.29, 0.717) is 17.4 Å². The van der Waals surface area contributed by atoms with Crippen molar-refractivity contribution in [3.8, 4) is 0 Å². The number of aryl methyl sites for hydroxylation is 2. The third kappa shape index (κ3) is 4.81. The summed E-state index contributed by atoms with van der Waals surface area (Å²) in [7, 11) is 1.76. The van der Waals surface area contributed by atoms with Gasteiger partial charge in [-0.05, 0) is 44.3 Å². The number of amides is 1.